The molecule has 1 amide bonds. The third-order valence-electron chi connectivity index (χ3n) is 1.27. The molecule has 0 radical (unpaired) electrons. The highest BCUT2D eigenvalue weighted by Crippen LogP contribution is 2.15. The summed E-state index contributed by atoms with van der Waals surface area (Å²) in [6.45, 7) is 0. The van der Waals surface area contributed by atoms with Crippen LogP contribution in [-0.4, -0.2) is 36.4 Å². The van der Waals surface area contributed by atoms with Crippen LogP contribution in [-0.2, 0) is 19.1 Å². The van der Waals surface area contributed by atoms with Crippen molar-refractivity contribution in [1.29, 1.82) is 0 Å². The summed E-state index contributed by atoms with van der Waals surface area (Å²) >= 11 is 4.86. The second kappa shape index (κ2) is 5.69. The zero-order valence-electron chi connectivity index (χ0n) is 8.85. The fourth-order valence-corrected chi connectivity index (χ4v) is 0.771. The molecule has 0 aromatic heterocycles. The average Bonchev–Trinajstić information content (AvgIpc) is 2.13. The molecule has 0 aliphatic carbocycles. The summed E-state index contributed by atoms with van der Waals surface area (Å²) in [6, 6.07) is -2.90. The number of esters is 1. The molecule has 0 rings (SSSR count). The molecule has 0 bridgehead atoms. The molecule has 0 aromatic rings. The molecule has 1 atom stereocenters. The number of carbonyl (C=O) groups is 3. The van der Waals surface area contributed by atoms with Gasteiger partial charge in [0.2, 0.25) is 5.24 Å². The second-order valence-electron chi connectivity index (χ2n) is 2.45. The van der Waals surface area contributed by atoms with Crippen LogP contribution in [0.15, 0.2) is 0 Å². The number of methoxy groups -OCH3 is 1. The first-order chi connectivity index (χ1) is 7.53. The summed E-state index contributed by atoms with van der Waals surface area (Å²) in [5, 5.41) is -0.232. The van der Waals surface area contributed by atoms with Crippen molar-refractivity contribution in [2.75, 3.05) is 7.11 Å². The topological polar surface area (TPSA) is 72.5 Å². The Bertz CT molecular complexity index is 349. The lowest BCUT2D eigenvalue weighted by molar-refractivity contribution is -0.175. The van der Waals surface area contributed by atoms with Crippen LogP contribution in [0.1, 0.15) is 7.79 Å². The minimum atomic E-state index is -5.30. The van der Waals surface area contributed by atoms with Crippen molar-refractivity contribution >= 4 is 28.7 Å². The van der Waals surface area contributed by atoms with E-state index in [0.29, 0.717) is 0 Å². The number of hydrogen-bond acceptors (Lipinski definition) is 4. The Kier molecular flexibility index (Phi) is 4.53. The Balaban J connectivity index is 5.02. The van der Waals surface area contributed by atoms with Gasteiger partial charge in [0.15, 0.2) is 0 Å². The smallest absolute Gasteiger partial charge is 0.467 e. The molecule has 0 unspecified atom stereocenters. The summed E-state index contributed by atoms with van der Waals surface area (Å²) in [6.07, 6.45) is -6.45. The number of hydrogen-bond donors (Lipinski definition) is 1. The van der Waals surface area contributed by atoms with E-state index in [-0.39, 0.29) is 0 Å². The van der Waals surface area contributed by atoms with Crippen molar-refractivity contribution in [1.82, 2.24) is 5.32 Å². The summed E-state index contributed by atoms with van der Waals surface area (Å²) in [5.74, 6) is -4.08. The van der Waals surface area contributed by atoms with Crippen LogP contribution in [0.5, 0.6) is 0 Å². The average molecular weight is 263 g/mol. The Morgan fingerprint density at radius 1 is 1.50 bits per heavy atom. The maximum Gasteiger partial charge on any atom is 0.471 e. The van der Waals surface area contributed by atoms with Crippen molar-refractivity contribution < 1.29 is 33.7 Å². The van der Waals surface area contributed by atoms with Crippen LogP contribution < -0.4 is 5.32 Å². The van der Waals surface area contributed by atoms with Crippen LogP contribution in [0, 0.1) is 0 Å². The summed E-state index contributed by atoms with van der Waals surface area (Å²) < 4.78 is 47.0. The van der Waals surface area contributed by atoms with E-state index in [0.717, 1.165) is 12.4 Å². The zero-order valence-corrected chi connectivity index (χ0v) is 8.61. The molecule has 92 valence electrons. The lowest BCUT2D eigenvalue weighted by Gasteiger charge is -2.15. The van der Waals surface area contributed by atoms with Gasteiger partial charge in [-0.15, -0.1) is 0 Å². The van der Waals surface area contributed by atoms with E-state index >= 15 is 0 Å². The van der Waals surface area contributed by atoms with Gasteiger partial charge in [-0.05, 0) is 11.6 Å². The van der Waals surface area contributed by atoms with Crippen molar-refractivity contribution in [3.63, 3.8) is 0 Å². The van der Waals surface area contributed by atoms with Gasteiger partial charge in [-0.2, -0.15) is 13.2 Å². The highest BCUT2D eigenvalue weighted by atomic mass is 35.5. The maximum atomic E-state index is 11.9. The Morgan fingerprint density at radius 3 is 2.31 bits per heavy atom. The van der Waals surface area contributed by atoms with Crippen molar-refractivity contribution in [2.24, 2.45) is 0 Å². The van der Waals surface area contributed by atoms with Gasteiger partial charge < -0.3 is 10.1 Å². The van der Waals surface area contributed by atoms with E-state index in [1.807, 2.05) is 0 Å². The normalized spacial score (nSPS) is 15.7. The van der Waals surface area contributed by atoms with Gasteiger partial charge in [0.25, 0.3) is 0 Å². The second-order valence-corrected chi connectivity index (χ2v) is 2.88. The molecule has 0 fully saturated rings. The minimum Gasteiger partial charge on any atom is -0.467 e. The number of nitrogens with one attached hydrogen (secondary N) is 1. The Morgan fingerprint density at radius 2 is 2.00 bits per heavy atom. The number of alkyl halides is 3. The van der Waals surface area contributed by atoms with Gasteiger partial charge in [-0.25, -0.2) is 4.79 Å². The maximum absolute atomic E-state index is 11.9. The first-order valence-electron chi connectivity index (χ1n) is 4.19. The monoisotopic (exact) mass is 262 g/mol. The van der Waals surface area contributed by atoms with Crippen molar-refractivity contribution in [3.8, 4) is 0 Å². The molecule has 5 nitrogen and oxygen atoms in total. The molecule has 0 spiro atoms. The number of ether oxygens (including phenoxy) is 1. The van der Waals surface area contributed by atoms with Crippen LogP contribution in [0.25, 0.3) is 0 Å². The summed E-state index contributed by atoms with van der Waals surface area (Å²) in [4.78, 5) is 32.1. The van der Waals surface area contributed by atoms with E-state index < -0.39 is 35.7 Å². The highest BCUT2D eigenvalue weighted by molar-refractivity contribution is 6.63. The lowest BCUT2D eigenvalue weighted by atomic mass is 10.2. The van der Waals surface area contributed by atoms with E-state index in [1.165, 1.54) is 0 Å². The lowest BCUT2D eigenvalue weighted by Crippen LogP contribution is -2.47. The zero-order chi connectivity index (χ0) is 13.9. The van der Waals surface area contributed by atoms with E-state index in [1.54, 1.807) is 0 Å². The number of amides is 1. The number of halogens is 4. The van der Waals surface area contributed by atoms with E-state index in [2.05, 4.69) is 4.74 Å². The van der Waals surface area contributed by atoms with Gasteiger partial charge in [0, 0.05) is 0 Å². The third kappa shape index (κ3) is 4.96. The molecular formula is C7H7ClF3NO4. The summed E-state index contributed by atoms with van der Waals surface area (Å²) in [5.41, 5.74) is 0. The molecule has 0 heterocycles. The van der Waals surface area contributed by atoms with Gasteiger partial charge in [-0.3, -0.25) is 9.59 Å². The molecule has 0 aromatic carbocycles. The standard InChI is InChI=1S/C7H7ClF3NO4/c1-16-5(14)3(2-4(8)13)12-6(15)7(9,10)11/h3H,2H2,1H3,(H,12,15)/t3-/m0/s1/i3D. The van der Waals surface area contributed by atoms with E-state index in [9.17, 15) is 27.6 Å². The Labute approximate surface area is 94.3 Å². The number of carbonyl (C=O) groups excluding carboxylic acids is 3. The van der Waals surface area contributed by atoms with Crippen LogP contribution in [0.3, 0.4) is 0 Å². The number of rotatable bonds is 4. The predicted octanol–water partition coefficient (Wildman–Crippen LogP) is 0.362. The molecule has 9 heteroatoms. The van der Waals surface area contributed by atoms with E-state index in [4.69, 9.17) is 13.0 Å². The van der Waals surface area contributed by atoms with Crippen molar-refractivity contribution in [2.45, 2.75) is 18.6 Å². The molecule has 16 heavy (non-hydrogen) atoms. The largest absolute Gasteiger partial charge is 0.471 e. The molecule has 0 aliphatic rings. The molecule has 0 saturated heterocycles. The quantitative estimate of drug-likeness (QED) is 0.587. The fourth-order valence-electron chi connectivity index (χ4n) is 0.637. The first kappa shape index (κ1) is 12.8. The minimum absolute atomic E-state index is 0.782. The third-order valence-corrected chi connectivity index (χ3v) is 1.40. The van der Waals surface area contributed by atoms with Crippen LogP contribution in [0.2, 0.25) is 0 Å². The highest BCUT2D eigenvalue weighted by Gasteiger charge is 2.41. The fraction of sp³-hybridized carbons (Fsp3) is 0.571. The predicted molar refractivity (Wildman–Crippen MR) is 45.5 cm³/mol. The Hall–Kier alpha value is -1.31. The molecule has 0 aliphatic heterocycles. The molecule has 0 saturated carbocycles. The van der Waals surface area contributed by atoms with Gasteiger partial charge >= 0.3 is 18.1 Å². The van der Waals surface area contributed by atoms with Crippen LogP contribution >= 0.6 is 11.6 Å². The van der Waals surface area contributed by atoms with Gasteiger partial charge in [0.1, 0.15) is 6.02 Å². The van der Waals surface area contributed by atoms with Gasteiger partial charge in [-0.1, -0.05) is 0 Å². The van der Waals surface area contributed by atoms with Crippen LogP contribution in [0.4, 0.5) is 13.2 Å². The summed E-state index contributed by atoms with van der Waals surface area (Å²) in [7, 11) is 0.782. The van der Waals surface area contributed by atoms with Crippen molar-refractivity contribution in [3.05, 3.63) is 0 Å². The molecule has 1 N–H and O–H groups in total. The molecular weight excluding hydrogens is 255 g/mol. The SMILES string of the molecule is [2H][C@@](CC(=O)Cl)(NC(=O)C(F)(F)F)C(=O)OC. The first-order valence-corrected chi connectivity index (χ1v) is 4.07. The van der Waals surface area contributed by atoms with Gasteiger partial charge in [0.05, 0.1) is 14.9 Å².